The molecular weight excluding hydrogens is 264 g/mol. The van der Waals surface area contributed by atoms with E-state index in [0.29, 0.717) is 6.54 Å². The molecule has 21 heavy (non-hydrogen) atoms. The van der Waals surface area contributed by atoms with Gasteiger partial charge in [-0.2, -0.15) is 0 Å². The first-order valence-corrected chi connectivity index (χ1v) is 7.45. The number of aryl methyl sites for hydroxylation is 1. The van der Waals surface area contributed by atoms with Crippen molar-refractivity contribution in [3.63, 3.8) is 0 Å². The molecule has 5 nitrogen and oxygen atoms in total. The molecule has 0 aliphatic rings. The number of aromatic nitrogens is 1. The van der Waals surface area contributed by atoms with E-state index in [9.17, 15) is 0 Å². The monoisotopic (exact) mass is 288 g/mol. The summed E-state index contributed by atoms with van der Waals surface area (Å²) in [6, 6.07) is 8.37. The number of aliphatic imine (C=N–C) groups is 1. The fraction of sp³-hybridized carbons (Fsp3) is 0.438. The smallest absolute Gasteiger partial charge is 0.191 e. The molecule has 4 N–H and O–H groups in total. The maximum atomic E-state index is 8.85. The summed E-state index contributed by atoms with van der Waals surface area (Å²) in [7, 11) is 0. The van der Waals surface area contributed by atoms with Gasteiger partial charge in [0, 0.05) is 29.7 Å². The van der Waals surface area contributed by atoms with Crippen LogP contribution in [0.1, 0.15) is 18.2 Å². The average Bonchev–Trinajstić information content (AvgIpc) is 2.81. The molecule has 0 radical (unpaired) electrons. The Hall–Kier alpha value is -2.01. The second-order valence-corrected chi connectivity index (χ2v) is 4.94. The molecule has 2 rings (SSSR count). The summed E-state index contributed by atoms with van der Waals surface area (Å²) in [5, 5.41) is 16.6. The van der Waals surface area contributed by atoms with E-state index < -0.39 is 0 Å². The third-order valence-corrected chi connectivity index (χ3v) is 3.41. The zero-order valence-electron chi connectivity index (χ0n) is 12.7. The summed E-state index contributed by atoms with van der Waals surface area (Å²) in [4.78, 5) is 7.69. The molecule has 0 saturated carbocycles. The van der Waals surface area contributed by atoms with Gasteiger partial charge in [-0.15, -0.1) is 0 Å². The molecule has 0 amide bonds. The molecule has 0 aliphatic carbocycles. The average molecular weight is 288 g/mol. The van der Waals surface area contributed by atoms with Crippen LogP contribution in [0.2, 0.25) is 0 Å². The molecule has 0 fully saturated rings. The molecule has 1 aromatic heterocycles. The lowest BCUT2D eigenvalue weighted by Crippen LogP contribution is -2.38. The van der Waals surface area contributed by atoms with Gasteiger partial charge in [0.05, 0.1) is 13.2 Å². The number of nitrogens with one attached hydrogen (secondary N) is 3. The second-order valence-electron chi connectivity index (χ2n) is 4.94. The normalized spacial score (nSPS) is 11.9. The number of para-hydroxylation sites is 1. The van der Waals surface area contributed by atoms with Crippen LogP contribution in [-0.2, 0) is 6.42 Å². The minimum absolute atomic E-state index is 0.0676. The van der Waals surface area contributed by atoms with Gasteiger partial charge < -0.3 is 20.7 Å². The van der Waals surface area contributed by atoms with Crippen molar-refractivity contribution in [3.8, 4) is 0 Å². The SMILES string of the molecule is CCNC(=NCCO)NCCc1c(C)[nH]c2ccccc12. The minimum atomic E-state index is 0.0676. The maximum absolute atomic E-state index is 8.85. The van der Waals surface area contributed by atoms with Gasteiger partial charge >= 0.3 is 0 Å². The van der Waals surface area contributed by atoms with Gasteiger partial charge in [-0.1, -0.05) is 18.2 Å². The Kier molecular flexibility index (Phi) is 5.63. The van der Waals surface area contributed by atoms with Gasteiger partial charge in [0.15, 0.2) is 5.96 Å². The van der Waals surface area contributed by atoms with Crippen LogP contribution >= 0.6 is 0 Å². The van der Waals surface area contributed by atoms with Crippen LogP contribution in [0.15, 0.2) is 29.3 Å². The first-order valence-electron chi connectivity index (χ1n) is 7.45. The fourth-order valence-corrected chi connectivity index (χ4v) is 2.47. The van der Waals surface area contributed by atoms with Crippen molar-refractivity contribution in [1.82, 2.24) is 15.6 Å². The van der Waals surface area contributed by atoms with Crippen molar-refractivity contribution < 1.29 is 5.11 Å². The molecule has 0 atom stereocenters. The largest absolute Gasteiger partial charge is 0.394 e. The summed E-state index contributed by atoms with van der Waals surface area (Å²) >= 11 is 0. The summed E-state index contributed by atoms with van der Waals surface area (Å²) in [5.41, 5.74) is 3.75. The van der Waals surface area contributed by atoms with Crippen LogP contribution in [0, 0.1) is 6.92 Å². The molecule has 5 heteroatoms. The van der Waals surface area contributed by atoms with Gasteiger partial charge in [0.25, 0.3) is 0 Å². The Morgan fingerprint density at radius 3 is 2.86 bits per heavy atom. The number of nitrogens with zero attached hydrogens (tertiary/aromatic N) is 1. The highest BCUT2D eigenvalue weighted by atomic mass is 16.3. The lowest BCUT2D eigenvalue weighted by Gasteiger charge is -2.11. The highest BCUT2D eigenvalue weighted by Crippen LogP contribution is 2.21. The molecule has 1 aromatic carbocycles. The van der Waals surface area contributed by atoms with Crippen molar-refractivity contribution in [2.75, 3.05) is 26.2 Å². The first-order chi connectivity index (χ1) is 10.3. The van der Waals surface area contributed by atoms with Crippen LogP contribution in [0.5, 0.6) is 0 Å². The number of H-pyrrole nitrogens is 1. The number of aromatic amines is 1. The molecule has 0 bridgehead atoms. The van der Waals surface area contributed by atoms with Crippen molar-refractivity contribution in [2.45, 2.75) is 20.3 Å². The quantitative estimate of drug-likeness (QED) is 0.481. The van der Waals surface area contributed by atoms with E-state index in [-0.39, 0.29) is 6.61 Å². The summed E-state index contributed by atoms with van der Waals surface area (Å²) in [6.07, 6.45) is 0.930. The zero-order valence-corrected chi connectivity index (χ0v) is 12.7. The van der Waals surface area contributed by atoms with Crippen molar-refractivity contribution in [3.05, 3.63) is 35.5 Å². The first kappa shape index (κ1) is 15.4. The number of hydrogen-bond acceptors (Lipinski definition) is 2. The molecule has 2 aromatic rings. The van der Waals surface area contributed by atoms with E-state index in [4.69, 9.17) is 5.11 Å². The number of hydrogen-bond donors (Lipinski definition) is 4. The molecular formula is C16H24N4O. The highest BCUT2D eigenvalue weighted by molar-refractivity contribution is 5.84. The topological polar surface area (TPSA) is 72.4 Å². The fourth-order valence-electron chi connectivity index (χ4n) is 2.47. The number of aliphatic hydroxyl groups excluding tert-OH is 1. The lowest BCUT2D eigenvalue weighted by atomic mass is 10.1. The predicted molar refractivity (Wildman–Crippen MR) is 87.8 cm³/mol. The van der Waals surface area contributed by atoms with Crippen molar-refractivity contribution in [2.24, 2.45) is 4.99 Å². The number of benzene rings is 1. The van der Waals surface area contributed by atoms with Crippen molar-refractivity contribution in [1.29, 1.82) is 0 Å². The Balaban J connectivity index is 1.99. The molecule has 0 unspecified atom stereocenters. The number of rotatable bonds is 6. The van der Waals surface area contributed by atoms with Crippen LogP contribution in [0.4, 0.5) is 0 Å². The second kappa shape index (κ2) is 7.69. The van der Waals surface area contributed by atoms with Crippen LogP contribution in [-0.4, -0.2) is 42.3 Å². The molecule has 0 spiro atoms. The minimum Gasteiger partial charge on any atom is -0.394 e. The van der Waals surface area contributed by atoms with E-state index in [1.54, 1.807) is 0 Å². The van der Waals surface area contributed by atoms with Gasteiger partial charge in [0.1, 0.15) is 0 Å². The molecule has 114 valence electrons. The van der Waals surface area contributed by atoms with Crippen LogP contribution < -0.4 is 10.6 Å². The van der Waals surface area contributed by atoms with E-state index in [2.05, 4.69) is 45.7 Å². The summed E-state index contributed by atoms with van der Waals surface area (Å²) in [6.45, 7) is 6.24. The van der Waals surface area contributed by atoms with E-state index in [0.717, 1.165) is 25.5 Å². The van der Waals surface area contributed by atoms with Crippen LogP contribution in [0.3, 0.4) is 0 Å². The molecule has 0 saturated heterocycles. The third-order valence-electron chi connectivity index (χ3n) is 3.41. The number of aliphatic hydroxyl groups is 1. The highest BCUT2D eigenvalue weighted by Gasteiger charge is 2.07. The van der Waals surface area contributed by atoms with Gasteiger partial charge in [-0.05, 0) is 31.9 Å². The third kappa shape index (κ3) is 3.98. The number of guanidine groups is 1. The van der Waals surface area contributed by atoms with Gasteiger partial charge in [-0.25, -0.2) is 0 Å². The van der Waals surface area contributed by atoms with E-state index in [1.807, 2.05) is 13.0 Å². The Morgan fingerprint density at radius 1 is 1.29 bits per heavy atom. The molecule has 1 heterocycles. The predicted octanol–water partition coefficient (Wildman–Crippen LogP) is 1.57. The number of fused-ring (bicyclic) bond motifs is 1. The van der Waals surface area contributed by atoms with Crippen LogP contribution in [0.25, 0.3) is 10.9 Å². The standard InChI is InChI=1S/C16H24N4O/c1-3-17-16(19-10-11-21)18-9-8-13-12(2)20-15-7-5-4-6-14(13)15/h4-7,20-21H,3,8-11H2,1-2H3,(H2,17,18,19). The summed E-state index contributed by atoms with van der Waals surface area (Å²) in [5.74, 6) is 0.754. The maximum Gasteiger partial charge on any atom is 0.191 e. The summed E-state index contributed by atoms with van der Waals surface area (Å²) < 4.78 is 0. The Morgan fingerprint density at radius 2 is 2.10 bits per heavy atom. The van der Waals surface area contributed by atoms with E-state index >= 15 is 0 Å². The zero-order chi connectivity index (χ0) is 15.1. The van der Waals surface area contributed by atoms with Gasteiger partial charge in [-0.3, -0.25) is 4.99 Å². The Labute approximate surface area is 125 Å². The molecule has 0 aliphatic heterocycles. The van der Waals surface area contributed by atoms with Gasteiger partial charge in [0.2, 0.25) is 0 Å². The Bertz CT molecular complexity index is 603. The van der Waals surface area contributed by atoms with Crippen molar-refractivity contribution >= 4 is 16.9 Å². The lowest BCUT2D eigenvalue weighted by molar-refractivity contribution is 0.306. The van der Waals surface area contributed by atoms with E-state index in [1.165, 1.54) is 22.2 Å².